The van der Waals surface area contributed by atoms with Crippen LogP contribution in [0, 0.1) is 0 Å². The van der Waals surface area contributed by atoms with E-state index in [1.807, 2.05) is 30.3 Å². The normalized spacial score (nSPS) is 11.4. The molecule has 0 aliphatic rings. The third-order valence-corrected chi connectivity index (χ3v) is 7.11. The molecule has 0 spiro atoms. The molecule has 3 heteroatoms. The highest BCUT2D eigenvalue weighted by atomic mass is 35.5. The lowest BCUT2D eigenvalue weighted by Crippen LogP contribution is -2.10. The molecule has 0 fully saturated rings. The first-order valence-electron chi connectivity index (χ1n) is 12.3. The minimum Gasteiger partial charge on any atom is -0.455 e. The Morgan fingerprint density at radius 3 is 1.97 bits per heavy atom. The van der Waals surface area contributed by atoms with Crippen molar-refractivity contribution in [3.63, 3.8) is 0 Å². The lowest BCUT2D eigenvalue weighted by Gasteiger charge is -2.26. The van der Waals surface area contributed by atoms with Crippen molar-refractivity contribution in [3.8, 4) is 11.1 Å². The third kappa shape index (κ3) is 3.74. The molecule has 0 unspecified atom stereocenters. The molecule has 0 aliphatic carbocycles. The summed E-state index contributed by atoms with van der Waals surface area (Å²) in [7, 11) is 0. The molecule has 0 amide bonds. The van der Waals surface area contributed by atoms with Crippen LogP contribution >= 0.6 is 11.6 Å². The molecule has 37 heavy (non-hydrogen) atoms. The van der Waals surface area contributed by atoms with Crippen molar-refractivity contribution < 1.29 is 4.42 Å². The molecule has 0 aliphatic heterocycles. The van der Waals surface area contributed by atoms with Gasteiger partial charge in [-0.25, -0.2) is 0 Å². The van der Waals surface area contributed by atoms with Gasteiger partial charge in [-0.1, -0.05) is 103 Å². The average molecular weight is 496 g/mol. The molecule has 0 saturated heterocycles. The van der Waals surface area contributed by atoms with Crippen LogP contribution in [0.25, 0.3) is 43.8 Å². The molecule has 7 aromatic rings. The van der Waals surface area contributed by atoms with Gasteiger partial charge in [0, 0.05) is 33.2 Å². The van der Waals surface area contributed by atoms with Crippen LogP contribution in [0.15, 0.2) is 138 Å². The number of furan rings is 1. The Balaban J connectivity index is 1.49. The van der Waals surface area contributed by atoms with Crippen LogP contribution in [-0.4, -0.2) is 0 Å². The Kier molecular flexibility index (Phi) is 5.20. The summed E-state index contributed by atoms with van der Waals surface area (Å²) in [6, 6.07) is 46.1. The van der Waals surface area contributed by atoms with Crippen molar-refractivity contribution in [2.45, 2.75) is 0 Å². The van der Waals surface area contributed by atoms with Gasteiger partial charge in [0.05, 0.1) is 11.1 Å². The second-order valence-corrected chi connectivity index (χ2v) is 9.58. The van der Waals surface area contributed by atoms with Gasteiger partial charge in [-0.3, -0.25) is 0 Å². The Morgan fingerprint density at radius 1 is 0.541 bits per heavy atom. The van der Waals surface area contributed by atoms with Gasteiger partial charge >= 0.3 is 0 Å². The number of hydrogen-bond acceptors (Lipinski definition) is 2. The highest BCUT2D eigenvalue weighted by Gasteiger charge is 2.21. The van der Waals surface area contributed by atoms with E-state index in [-0.39, 0.29) is 0 Å². The first-order valence-corrected chi connectivity index (χ1v) is 12.7. The van der Waals surface area contributed by atoms with Crippen LogP contribution in [0.5, 0.6) is 0 Å². The lowest BCUT2D eigenvalue weighted by molar-refractivity contribution is 0.673. The molecule has 6 aromatic carbocycles. The summed E-state index contributed by atoms with van der Waals surface area (Å²) in [5.41, 5.74) is 7.10. The fraction of sp³-hybridized carbons (Fsp3) is 0. The fourth-order valence-corrected chi connectivity index (χ4v) is 5.40. The number of hydrogen-bond donors (Lipinski definition) is 0. The van der Waals surface area contributed by atoms with Crippen molar-refractivity contribution in [2.24, 2.45) is 0 Å². The van der Waals surface area contributed by atoms with Crippen LogP contribution in [0.1, 0.15) is 0 Å². The van der Waals surface area contributed by atoms with Crippen molar-refractivity contribution in [1.29, 1.82) is 0 Å². The molecule has 1 heterocycles. The number of rotatable bonds is 4. The Bertz CT molecular complexity index is 1870. The van der Waals surface area contributed by atoms with Gasteiger partial charge < -0.3 is 9.32 Å². The zero-order valence-corrected chi connectivity index (χ0v) is 20.7. The zero-order chi connectivity index (χ0) is 24.8. The minimum absolute atomic E-state index is 0.632. The van der Waals surface area contributed by atoms with Crippen LogP contribution in [0.3, 0.4) is 0 Å². The van der Waals surface area contributed by atoms with Crippen LogP contribution in [0.2, 0.25) is 5.02 Å². The molecule has 176 valence electrons. The summed E-state index contributed by atoms with van der Waals surface area (Å²) in [4.78, 5) is 2.26. The summed E-state index contributed by atoms with van der Waals surface area (Å²) in [6.07, 6.45) is 0. The molecule has 1 aromatic heterocycles. The Morgan fingerprint density at radius 2 is 1.19 bits per heavy atom. The molecule has 0 N–H and O–H groups in total. The van der Waals surface area contributed by atoms with Gasteiger partial charge in [0.2, 0.25) is 0 Å². The van der Waals surface area contributed by atoms with E-state index < -0.39 is 0 Å². The maximum absolute atomic E-state index is 6.71. The minimum atomic E-state index is 0.632. The molecule has 7 rings (SSSR count). The van der Waals surface area contributed by atoms with E-state index in [1.165, 1.54) is 11.1 Å². The molecular formula is C34H22ClNO. The second kappa shape index (κ2) is 8.85. The largest absolute Gasteiger partial charge is 0.455 e. The summed E-state index contributed by atoms with van der Waals surface area (Å²) in [6.45, 7) is 0. The highest BCUT2D eigenvalue weighted by molar-refractivity contribution is 6.33. The van der Waals surface area contributed by atoms with Gasteiger partial charge in [0.15, 0.2) is 0 Å². The highest BCUT2D eigenvalue weighted by Crippen LogP contribution is 2.45. The van der Waals surface area contributed by atoms with Gasteiger partial charge in [-0.2, -0.15) is 0 Å². The monoisotopic (exact) mass is 495 g/mol. The number of halogens is 1. The lowest BCUT2D eigenvalue weighted by atomic mass is 10.0. The summed E-state index contributed by atoms with van der Waals surface area (Å²) < 4.78 is 6.47. The molecule has 0 atom stereocenters. The molecule has 0 radical (unpaired) electrons. The average Bonchev–Trinajstić information content (AvgIpc) is 3.33. The molecule has 0 bridgehead atoms. The van der Waals surface area contributed by atoms with Crippen LogP contribution in [-0.2, 0) is 0 Å². The smallest absolute Gasteiger partial charge is 0.143 e. The molecular weight excluding hydrogens is 474 g/mol. The number of benzene rings is 6. The zero-order valence-electron chi connectivity index (χ0n) is 19.9. The second-order valence-electron chi connectivity index (χ2n) is 9.15. The van der Waals surface area contributed by atoms with E-state index in [2.05, 4.69) is 108 Å². The van der Waals surface area contributed by atoms with Crippen molar-refractivity contribution in [3.05, 3.63) is 138 Å². The van der Waals surface area contributed by atoms with Crippen LogP contribution in [0.4, 0.5) is 17.1 Å². The quantitative estimate of drug-likeness (QED) is 0.241. The fourth-order valence-electron chi connectivity index (χ4n) is 5.19. The van der Waals surface area contributed by atoms with E-state index in [0.29, 0.717) is 5.02 Å². The van der Waals surface area contributed by atoms with E-state index in [1.54, 1.807) is 0 Å². The first-order chi connectivity index (χ1) is 18.3. The standard InChI is InChI=1S/C34H22ClNO/c35-26-21-31(33-30-20-17-25-11-7-8-14-29(25)34(30)37-32(33)22-26)36(27-12-5-2-6-13-27)28-18-15-24(16-19-28)23-9-3-1-4-10-23/h1-22H. The third-order valence-electron chi connectivity index (χ3n) is 6.90. The predicted molar refractivity (Wildman–Crippen MR) is 156 cm³/mol. The van der Waals surface area contributed by atoms with Gasteiger partial charge in [0.1, 0.15) is 11.2 Å². The number of fused-ring (bicyclic) bond motifs is 5. The van der Waals surface area contributed by atoms with E-state index >= 15 is 0 Å². The van der Waals surface area contributed by atoms with E-state index in [4.69, 9.17) is 16.0 Å². The number of nitrogens with zero attached hydrogens (tertiary/aromatic N) is 1. The summed E-state index contributed by atoms with van der Waals surface area (Å²) >= 11 is 6.71. The van der Waals surface area contributed by atoms with Gasteiger partial charge in [0.25, 0.3) is 0 Å². The predicted octanol–water partition coefficient (Wildman–Crippen LogP) is 10.5. The summed E-state index contributed by atoms with van der Waals surface area (Å²) in [5.74, 6) is 0. The van der Waals surface area contributed by atoms with Gasteiger partial charge in [-0.05, 0) is 52.9 Å². The van der Waals surface area contributed by atoms with Crippen molar-refractivity contribution in [2.75, 3.05) is 4.90 Å². The SMILES string of the molecule is Clc1cc(N(c2ccccc2)c2ccc(-c3ccccc3)cc2)c2c(c1)oc1c3ccccc3ccc12. The Hall–Kier alpha value is -4.53. The molecule has 2 nitrogen and oxygen atoms in total. The van der Waals surface area contributed by atoms with Crippen LogP contribution < -0.4 is 4.90 Å². The molecule has 0 saturated carbocycles. The summed E-state index contributed by atoms with van der Waals surface area (Å²) in [5, 5.41) is 4.99. The first kappa shape index (κ1) is 21.7. The van der Waals surface area contributed by atoms with Crippen molar-refractivity contribution >= 4 is 61.4 Å². The number of anilines is 3. The maximum Gasteiger partial charge on any atom is 0.143 e. The maximum atomic E-state index is 6.71. The van der Waals surface area contributed by atoms with E-state index in [0.717, 1.165) is 49.8 Å². The number of para-hydroxylation sites is 1. The Labute approximate surface area is 220 Å². The topological polar surface area (TPSA) is 16.4 Å². The van der Waals surface area contributed by atoms with Gasteiger partial charge in [-0.15, -0.1) is 0 Å². The van der Waals surface area contributed by atoms with E-state index in [9.17, 15) is 0 Å². The van der Waals surface area contributed by atoms with Crippen molar-refractivity contribution in [1.82, 2.24) is 0 Å².